The maximum absolute atomic E-state index is 11.5. The Balaban J connectivity index is 1.86. The Hall–Kier alpha value is -0.810. The van der Waals surface area contributed by atoms with Gasteiger partial charge < -0.3 is 14.4 Å². The van der Waals surface area contributed by atoms with Crippen LogP contribution in [0.2, 0.25) is 0 Å². The minimum Gasteiger partial charge on any atom is -0.449 e. The van der Waals surface area contributed by atoms with Crippen LogP contribution in [0.5, 0.6) is 0 Å². The van der Waals surface area contributed by atoms with E-state index in [9.17, 15) is 4.79 Å². The topological polar surface area (TPSA) is 42.0 Å². The molecule has 20 heavy (non-hydrogen) atoms. The minimum absolute atomic E-state index is 0.194. The summed E-state index contributed by atoms with van der Waals surface area (Å²) in [4.78, 5) is 15.5. The average Bonchev–Trinajstić information content (AvgIpc) is 2.89. The molecule has 2 rings (SSSR count). The van der Waals surface area contributed by atoms with Crippen LogP contribution in [0, 0.1) is 5.92 Å². The van der Waals surface area contributed by atoms with Crippen LogP contribution in [-0.2, 0) is 9.47 Å². The average molecular weight is 284 g/mol. The number of carbonyl (C=O) groups is 1. The first kappa shape index (κ1) is 15.6. The SMILES string of the molecule is CC(C)OC[C@@]12CCCN1C[C@H](COC(=O)N(C)C)C2. The van der Waals surface area contributed by atoms with Gasteiger partial charge in [-0.15, -0.1) is 0 Å². The van der Waals surface area contributed by atoms with Gasteiger partial charge in [0.1, 0.15) is 0 Å². The van der Waals surface area contributed by atoms with Gasteiger partial charge in [-0.05, 0) is 39.7 Å². The predicted octanol–water partition coefficient (Wildman–Crippen LogP) is 1.96. The monoisotopic (exact) mass is 284 g/mol. The zero-order chi connectivity index (χ0) is 14.8. The molecule has 1 amide bonds. The summed E-state index contributed by atoms with van der Waals surface area (Å²) in [6.07, 6.45) is 3.58. The molecule has 0 radical (unpaired) electrons. The number of nitrogens with zero attached hydrogens (tertiary/aromatic N) is 2. The maximum atomic E-state index is 11.5. The molecule has 0 N–H and O–H groups in total. The molecule has 0 saturated carbocycles. The molecule has 0 bridgehead atoms. The third kappa shape index (κ3) is 3.44. The van der Waals surface area contributed by atoms with Crippen molar-refractivity contribution < 1.29 is 14.3 Å². The largest absolute Gasteiger partial charge is 0.449 e. The summed E-state index contributed by atoms with van der Waals surface area (Å²) in [7, 11) is 3.43. The molecule has 2 atom stereocenters. The van der Waals surface area contributed by atoms with E-state index < -0.39 is 0 Å². The van der Waals surface area contributed by atoms with Gasteiger partial charge >= 0.3 is 6.09 Å². The zero-order valence-electron chi connectivity index (χ0n) is 13.2. The Morgan fingerprint density at radius 3 is 2.85 bits per heavy atom. The molecule has 116 valence electrons. The van der Waals surface area contributed by atoms with Crippen molar-refractivity contribution >= 4 is 6.09 Å². The summed E-state index contributed by atoms with van der Waals surface area (Å²) < 4.78 is 11.2. The molecule has 0 spiro atoms. The van der Waals surface area contributed by atoms with Crippen LogP contribution in [0.15, 0.2) is 0 Å². The Morgan fingerprint density at radius 2 is 2.20 bits per heavy atom. The van der Waals surface area contributed by atoms with Crippen LogP contribution >= 0.6 is 0 Å². The van der Waals surface area contributed by atoms with Crippen molar-refractivity contribution in [1.29, 1.82) is 0 Å². The Morgan fingerprint density at radius 1 is 1.45 bits per heavy atom. The van der Waals surface area contributed by atoms with E-state index in [0.717, 1.165) is 26.1 Å². The summed E-state index contributed by atoms with van der Waals surface area (Å²) in [6, 6.07) is 0. The molecule has 0 aromatic heterocycles. The van der Waals surface area contributed by atoms with Crippen LogP contribution in [0.25, 0.3) is 0 Å². The molecular formula is C15H28N2O3. The molecule has 2 heterocycles. The third-order valence-corrected chi connectivity index (χ3v) is 4.38. The lowest BCUT2D eigenvalue weighted by Gasteiger charge is -2.32. The van der Waals surface area contributed by atoms with Gasteiger partial charge in [0.2, 0.25) is 0 Å². The highest BCUT2D eigenvalue weighted by molar-refractivity contribution is 5.66. The molecular weight excluding hydrogens is 256 g/mol. The van der Waals surface area contributed by atoms with Gasteiger partial charge in [0.05, 0.1) is 19.3 Å². The lowest BCUT2D eigenvalue weighted by Crippen LogP contribution is -2.43. The van der Waals surface area contributed by atoms with Crippen molar-refractivity contribution in [2.24, 2.45) is 5.92 Å². The molecule has 5 nitrogen and oxygen atoms in total. The fourth-order valence-corrected chi connectivity index (χ4v) is 3.40. The van der Waals surface area contributed by atoms with Gasteiger partial charge in [0.15, 0.2) is 0 Å². The number of ether oxygens (including phenoxy) is 2. The van der Waals surface area contributed by atoms with Crippen molar-refractivity contribution in [1.82, 2.24) is 9.80 Å². The van der Waals surface area contributed by atoms with E-state index in [1.165, 1.54) is 17.7 Å². The number of amides is 1. The first-order valence-electron chi connectivity index (χ1n) is 7.64. The van der Waals surface area contributed by atoms with Crippen LogP contribution in [-0.4, -0.2) is 67.9 Å². The summed E-state index contributed by atoms with van der Waals surface area (Å²) in [5.74, 6) is 0.440. The highest BCUT2D eigenvalue weighted by Crippen LogP contribution is 2.42. The van der Waals surface area contributed by atoms with E-state index in [1.54, 1.807) is 14.1 Å². The van der Waals surface area contributed by atoms with Crippen LogP contribution in [0.3, 0.4) is 0 Å². The van der Waals surface area contributed by atoms with Crippen LogP contribution < -0.4 is 0 Å². The van der Waals surface area contributed by atoms with E-state index in [4.69, 9.17) is 9.47 Å². The normalized spacial score (nSPS) is 29.8. The lowest BCUT2D eigenvalue weighted by atomic mass is 9.91. The Kier molecular flexibility index (Phi) is 4.91. The summed E-state index contributed by atoms with van der Waals surface area (Å²) in [6.45, 7) is 7.68. The van der Waals surface area contributed by atoms with Gasteiger partial charge in [0.25, 0.3) is 0 Å². The molecule has 5 heteroatoms. The molecule has 2 aliphatic rings. The second kappa shape index (κ2) is 6.31. The smallest absolute Gasteiger partial charge is 0.409 e. The zero-order valence-corrected chi connectivity index (χ0v) is 13.2. The molecule has 2 saturated heterocycles. The van der Waals surface area contributed by atoms with Crippen molar-refractivity contribution in [3.63, 3.8) is 0 Å². The van der Waals surface area contributed by atoms with E-state index in [0.29, 0.717) is 12.5 Å². The number of fused-ring (bicyclic) bond motifs is 1. The van der Waals surface area contributed by atoms with Crippen LogP contribution in [0.4, 0.5) is 4.79 Å². The quantitative estimate of drug-likeness (QED) is 0.774. The molecule has 0 unspecified atom stereocenters. The predicted molar refractivity (Wildman–Crippen MR) is 77.8 cm³/mol. The molecule has 2 aliphatic heterocycles. The standard InChI is InChI=1S/C15H28N2O3/c1-12(2)20-11-15-6-5-7-17(15)9-13(8-15)10-19-14(18)16(3)4/h12-13H,5-11H2,1-4H3/t13-,15+/m1/s1. The first-order chi connectivity index (χ1) is 9.43. The lowest BCUT2D eigenvalue weighted by molar-refractivity contribution is 0.00266. The number of hydrogen-bond acceptors (Lipinski definition) is 4. The van der Waals surface area contributed by atoms with Gasteiger partial charge in [-0.2, -0.15) is 0 Å². The molecule has 2 fully saturated rings. The van der Waals surface area contributed by atoms with Gasteiger partial charge in [-0.1, -0.05) is 0 Å². The van der Waals surface area contributed by atoms with Crippen molar-refractivity contribution in [3.05, 3.63) is 0 Å². The van der Waals surface area contributed by atoms with E-state index in [2.05, 4.69) is 18.7 Å². The maximum Gasteiger partial charge on any atom is 0.409 e. The Labute approximate surface area is 122 Å². The molecule has 0 aromatic carbocycles. The fraction of sp³-hybridized carbons (Fsp3) is 0.933. The number of rotatable bonds is 5. The second-order valence-electron chi connectivity index (χ2n) is 6.68. The summed E-state index contributed by atoms with van der Waals surface area (Å²) in [5.41, 5.74) is 0.194. The van der Waals surface area contributed by atoms with Gasteiger partial charge in [0, 0.05) is 32.1 Å². The van der Waals surface area contributed by atoms with E-state index >= 15 is 0 Å². The first-order valence-corrected chi connectivity index (χ1v) is 7.64. The molecule has 0 aromatic rings. The van der Waals surface area contributed by atoms with Crippen LogP contribution in [0.1, 0.15) is 33.1 Å². The highest BCUT2D eigenvalue weighted by Gasteiger charge is 2.48. The van der Waals surface area contributed by atoms with Crippen molar-refractivity contribution in [2.45, 2.75) is 44.8 Å². The van der Waals surface area contributed by atoms with Crippen molar-refractivity contribution in [3.8, 4) is 0 Å². The highest BCUT2D eigenvalue weighted by atomic mass is 16.6. The number of carbonyl (C=O) groups excluding carboxylic acids is 1. The second-order valence-corrected chi connectivity index (χ2v) is 6.68. The molecule has 0 aliphatic carbocycles. The summed E-state index contributed by atoms with van der Waals surface area (Å²) in [5, 5.41) is 0. The number of hydrogen-bond donors (Lipinski definition) is 0. The third-order valence-electron chi connectivity index (χ3n) is 4.38. The Bertz CT molecular complexity index is 346. The van der Waals surface area contributed by atoms with Gasteiger partial charge in [-0.25, -0.2) is 4.79 Å². The minimum atomic E-state index is -0.246. The van der Waals surface area contributed by atoms with E-state index in [-0.39, 0.29) is 17.7 Å². The fourth-order valence-electron chi connectivity index (χ4n) is 3.40. The van der Waals surface area contributed by atoms with Crippen molar-refractivity contribution in [2.75, 3.05) is 40.4 Å². The van der Waals surface area contributed by atoms with E-state index in [1.807, 2.05) is 0 Å². The summed E-state index contributed by atoms with van der Waals surface area (Å²) >= 11 is 0. The van der Waals surface area contributed by atoms with Gasteiger partial charge in [-0.3, -0.25) is 4.90 Å².